The number of thioether (sulfide) groups is 1. The summed E-state index contributed by atoms with van der Waals surface area (Å²) in [7, 11) is 1.67. The first-order chi connectivity index (χ1) is 9.19. The van der Waals surface area contributed by atoms with E-state index in [9.17, 15) is 10.1 Å². The zero-order chi connectivity index (χ0) is 14.1. The Morgan fingerprint density at radius 3 is 2.79 bits per heavy atom. The summed E-state index contributed by atoms with van der Waals surface area (Å²) in [6.07, 6.45) is 2.03. The Labute approximate surface area is 116 Å². The molecule has 0 bridgehead atoms. The summed E-state index contributed by atoms with van der Waals surface area (Å²) in [5, 5.41) is 17.1. The minimum atomic E-state index is -0.374. The van der Waals surface area contributed by atoms with Crippen molar-refractivity contribution in [1.29, 1.82) is 0 Å². The molecule has 0 aliphatic carbocycles. The molecule has 0 aliphatic rings. The van der Waals surface area contributed by atoms with Crippen molar-refractivity contribution in [1.82, 2.24) is 10.6 Å². The molecule has 0 saturated carbocycles. The maximum Gasteiger partial charge on any atom is 0.274 e. The molecule has 104 valence electrons. The normalized spacial score (nSPS) is 11.2. The van der Waals surface area contributed by atoms with Crippen LogP contribution in [-0.4, -0.2) is 36.5 Å². The van der Waals surface area contributed by atoms with Gasteiger partial charge < -0.3 is 10.6 Å². The van der Waals surface area contributed by atoms with Crippen LogP contribution >= 0.6 is 11.8 Å². The van der Waals surface area contributed by atoms with E-state index in [4.69, 9.17) is 0 Å². The highest BCUT2D eigenvalue weighted by Gasteiger charge is 2.12. The predicted octanol–water partition coefficient (Wildman–Crippen LogP) is 1.62. The SMILES string of the molecule is CN=C(NCCSC)NCc1ccccc1[N+](=O)[O-]. The third kappa shape index (κ3) is 5.17. The summed E-state index contributed by atoms with van der Waals surface area (Å²) < 4.78 is 0. The first kappa shape index (κ1) is 15.3. The first-order valence-electron chi connectivity index (χ1n) is 5.84. The molecule has 1 aromatic carbocycles. The van der Waals surface area contributed by atoms with Crippen molar-refractivity contribution in [2.24, 2.45) is 4.99 Å². The zero-order valence-corrected chi connectivity index (χ0v) is 11.9. The maximum absolute atomic E-state index is 10.9. The van der Waals surface area contributed by atoms with Crippen LogP contribution in [0.3, 0.4) is 0 Å². The summed E-state index contributed by atoms with van der Waals surface area (Å²) in [6.45, 7) is 1.17. The molecule has 0 aliphatic heterocycles. The maximum atomic E-state index is 10.9. The number of hydrogen-bond acceptors (Lipinski definition) is 4. The van der Waals surface area contributed by atoms with Crippen LogP contribution in [0.5, 0.6) is 0 Å². The summed E-state index contributed by atoms with van der Waals surface area (Å²) >= 11 is 1.74. The fourth-order valence-corrected chi connectivity index (χ4v) is 1.82. The molecule has 6 nitrogen and oxygen atoms in total. The van der Waals surface area contributed by atoms with Gasteiger partial charge in [-0.05, 0) is 6.26 Å². The van der Waals surface area contributed by atoms with Crippen molar-refractivity contribution in [2.75, 3.05) is 25.6 Å². The quantitative estimate of drug-likeness (QED) is 0.272. The third-order valence-electron chi connectivity index (χ3n) is 2.46. The van der Waals surface area contributed by atoms with E-state index in [2.05, 4.69) is 15.6 Å². The van der Waals surface area contributed by atoms with Gasteiger partial charge in [-0.2, -0.15) is 11.8 Å². The van der Waals surface area contributed by atoms with Gasteiger partial charge in [-0.15, -0.1) is 0 Å². The van der Waals surface area contributed by atoms with E-state index >= 15 is 0 Å². The standard InChI is InChI=1S/C12H18N4O2S/c1-13-12(14-7-8-19-2)15-9-10-5-3-4-6-11(10)16(17)18/h3-6H,7-9H2,1-2H3,(H2,13,14,15). The summed E-state index contributed by atoms with van der Waals surface area (Å²) in [4.78, 5) is 14.6. The van der Waals surface area contributed by atoms with Crippen molar-refractivity contribution in [3.05, 3.63) is 39.9 Å². The molecule has 19 heavy (non-hydrogen) atoms. The Kier molecular flexibility index (Phi) is 6.73. The molecular weight excluding hydrogens is 264 g/mol. The summed E-state index contributed by atoms with van der Waals surface area (Å²) in [6, 6.07) is 6.68. The van der Waals surface area contributed by atoms with Gasteiger partial charge in [-0.25, -0.2) is 0 Å². The summed E-state index contributed by atoms with van der Waals surface area (Å²) in [5.41, 5.74) is 0.759. The average Bonchev–Trinajstić information content (AvgIpc) is 2.43. The number of hydrogen-bond donors (Lipinski definition) is 2. The second-order valence-electron chi connectivity index (χ2n) is 3.73. The molecule has 0 spiro atoms. The van der Waals surface area contributed by atoms with Crippen LogP contribution in [0.2, 0.25) is 0 Å². The molecule has 1 aromatic rings. The number of guanidine groups is 1. The van der Waals surface area contributed by atoms with E-state index in [1.165, 1.54) is 6.07 Å². The molecule has 0 amide bonds. The molecule has 0 aromatic heterocycles. The van der Waals surface area contributed by atoms with Crippen LogP contribution in [0.15, 0.2) is 29.3 Å². The smallest absolute Gasteiger partial charge is 0.274 e. The van der Waals surface area contributed by atoms with Crippen LogP contribution in [0.25, 0.3) is 0 Å². The van der Waals surface area contributed by atoms with Gasteiger partial charge in [0, 0.05) is 37.5 Å². The topological polar surface area (TPSA) is 79.6 Å². The van der Waals surface area contributed by atoms with E-state index in [0.717, 1.165) is 12.3 Å². The highest BCUT2D eigenvalue weighted by atomic mass is 32.2. The lowest BCUT2D eigenvalue weighted by molar-refractivity contribution is -0.385. The van der Waals surface area contributed by atoms with Gasteiger partial charge in [-0.3, -0.25) is 15.1 Å². The molecule has 0 unspecified atom stereocenters. The molecule has 2 N–H and O–H groups in total. The average molecular weight is 282 g/mol. The largest absolute Gasteiger partial charge is 0.356 e. The highest BCUT2D eigenvalue weighted by Crippen LogP contribution is 2.16. The summed E-state index contributed by atoms with van der Waals surface area (Å²) in [5.74, 6) is 1.62. The molecule has 0 heterocycles. The van der Waals surface area contributed by atoms with Crippen LogP contribution in [0, 0.1) is 10.1 Å². The van der Waals surface area contributed by atoms with Crippen molar-refractivity contribution in [2.45, 2.75) is 6.54 Å². The Morgan fingerprint density at radius 2 is 2.16 bits per heavy atom. The predicted molar refractivity (Wildman–Crippen MR) is 79.7 cm³/mol. The number of rotatable bonds is 6. The minimum absolute atomic E-state index is 0.120. The lowest BCUT2D eigenvalue weighted by atomic mass is 10.2. The third-order valence-corrected chi connectivity index (χ3v) is 3.07. The van der Waals surface area contributed by atoms with Crippen LogP contribution in [0.4, 0.5) is 5.69 Å². The Hall–Kier alpha value is -1.76. The van der Waals surface area contributed by atoms with E-state index in [1.807, 2.05) is 6.26 Å². The van der Waals surface area contributed by atoms with Gasteiger partial charge in [0.2, 0.25) is 0 Å². The molecular formula is C12H18N4O2S. The Balaban J connectivity index is 2.58. The fraction of sp³-hybridized carbons (Fsp3) is 0.417. The van der Waals surface area contributed by atoms with Gasteiger partial charge in [0.05, 0.1) is 4.92 Å². The number of nitrogens with one attached hydrogen (secondary N) is 2. The molecule has 0 fully saturated rings. The zero-order valence-electron chi connectivity index (χ0n) is 11.0. The van der Waals surface area contributed by atoms with E-state index < -0.39 is 0 Å². The van der Waals surface area contributed by atoms with Crippen LogP contribution < -0.4 is 10.6 Å². The van der Waals surface area contributed by atoms with Crippen molar-refractivity contribution >= 4 is 23.4 Å². The Bertz CT molecular complexity index is 451. The fourth-order valence-electron chi connectivity index (χ4n) is 1.51. The van der Waals surface area contributed by atoms with Crippen molar-refractivity contribution in [3.63, 3.8) is 0 Å². The van der Waals surface area contributed by atoms with Gasteiger partial charge in [0.1, 0.15) is 0 Å². The van der Waals surface area contributed by atoms with Gasteiger partial charge in [0.15, 0.2) is 5.96 Å². The van der Waals surface area contributed by atoms with Crippen molar-refractivity contribution < 1.29 is 4.92 Å². The monoisotopic (exact) mass is 282 g/mol. The van der Waals surface area contributed by atoms with Crippen LogP contribution in [-0.2, 0) is 6.54 Å². The van der Waals surface area contributed by atoms with Gasteiger partial charge in [0.25, 0.3) is 5.69 Å². The minimum Gasteiger partial charge on any atom is -0.356 e. The second-order valence-corrected chi connectivity index (χ2v) is 4.72. The number of benzene rings is 1. The lowest BCUT2D eigenvalue weighted by Gasteiger charge is -2.11. The van der Waals surface area contributed by atoms with Gasteiger partial charge >= 0.3 is 0 Å². The molecule has 1 rings (SSSR count). The highest BCUT2D eigenvalue weighted by molar-refractivity contribution is 7.98. The lowest BCUT2D eigenvalue weighted by Crippen LogP contribution is -2.38. The van der Waals surface area contributed by atoms with E-state index in [-0.39, 0.29) is 10.6 Å². The Morgan fingerprint density at radius 1 is 1.42 bits per heavy atom. The van der Waals surface area contributed by atoms with Crippen LogP contribution in [0.1, 0.15) is 5.56 Å². The molecule has 0 atom stereocenters. The van der Waals surface area contributed by atoms with E-state index in [0.29, 0.717) is 18.1 Å². The number of aliphatic imine (C=N–C) groups is 1. The van der Waals surface area contributed by atoms with E-state index in [1.54, 1.807) is 37.0 Å². The molecule has 0 radical (unpaired) electrons. The second kappa shape index (κ2) is 8.36. The number of nitrogens with zero attached hydrogens (tertiary/aromatic N) is 2. The van der Waals surface area contributed by atoms with Gasteiger partial charge in [-0.1, -0.05) is 18.2 Å². The molecule has 7 heteroatoms. The number of para-hydroxylation sites is 1. The number of nitro groups is 1. The number of nitro benzene ring substituents is 1. The van der Waals surface area contributed by atoms with Crippen molar-refractivity contribution in [3.8, 4) is 0 Å². The molecule has 0 saturated heterocycles. The first-order valence-corrected chi connectivity index (χ1v) is 7.24.